The topological polar surface area (TPSA) is 17.0 Å². The van der Waals surface area contributed by atoms with Crippen molar-refractivity contribution in [2.45, 2.75) is 64.6 Å². The SMILES string of the molecule is CCn1ccc(CNC2CCCCCC2)c1. The van der Waals surface area contributed by atoms with E-state index in [1.807, 2.05) is 0 Å². The molecule has 16 heavy (non-hydrogen) atoms. The highest BCUT2D eigenvalue weighted by atomic mass is 14.9. The van der Waals surface area contributed by atoms with Crippen LogP contribution in [0.1, 0.15) is 51.0 Å². The van der Waals surface area contributed by atoms with E-state index in [0.29, 0.717) is 0 Å². The van der Waals surface area contributed by atoms with Gasteiger partial charge in [0.15, 0.2) is 0 Å². The van der Waals surface area contributed by atoms with Crippen molar-refractivity contribution < 1.29 is 0 Å². The molecular weight excluding hydrogens is 196 g/mol. The summed E-state index contributed by atoms with van der Waals surface area (Å²) in [6, 6.07) is 2.99. The largest absolute Gasteiger partial charge is 0.354 e. The smallest absolute Gasteiger partial charge is 0.0223 e. The molecule has 0 spiro atoms. The molecule has 0 bridgehead atoms. The summed E-state index contributed by atoms with van der Waals surface area (Å²) < 4.78 is 2.24. The third-order valence-corrected chi connectivity index (χ3v) is 3.63. The summed E-state index contributed by atoms with van der Waals surface area (Å²) in [5, 5.41) is 3.70. The van der Waals surface area contributed by atoms with E-state index in [9.17, 15) is 0 Å². The Hall–Kier alpha value is -0.760. The molecule has 90 valence electrons. The molecule has 1 aromatic heterocycles. The molecule has 0 saturated heterocycles. The quantitative estimate of drug-likeness (QED) is 0.770. The number of nitrogens with zero attached hydrogens (tertiary/aromatic N) is 1. The highest BCUT2D eigenvalue weighted by Crippen LogP contribution is 2.17. The van der Waals surface area contributed by atoms with Gasteiger partial charge in [0.05, 0.1) is 0 Å². The average Bonchev–Trinajstić information content (AvgIpc) is 2.61. The van der Waals surface area contributed by atoms with E-state index in [1.165, 1.54) is 44.1 Å². The summed E-state index contributed by atoms with van der Waals surface area (Å²) in [6.07, 6.45) is 12.9. The van der Waals surface area contributed by atoms with Gasteiger partial charge in [-0.15, -0.1) is 0 Å². The molecule has 1 saturated carbocycles. The van der Waals surface area contributed by atoms with E-state index in [0.717, 1.165) is 19.1 Å². The minimum absolute atomic E-state index is 0.757. The molecule has 0 unspecified atom stereocenters. The maximum Gasteiger partial charge on any atom is 0.0223 e. The van der Waals surface area contributed by atoms with E-state index < -0.39 is 0 Å². The van der Waals surface area contributed by atoms with Crippen LogP contribution in [-0.2, 0) is 13.1 Å². The lowest BCUT2D eigenvalue weighted by atomic mass is 10.1. The van der Waals surface area contributed by atoms with Crippen molar-refractivity contribution in [3.8, 4) is 0 Å². The minimum Gasteiger partial charge on any atom is -0.354 e. The van der Waals surface area contributed by atoms with Gasteiger partial charge in [-0.1, -0.05) is 25.7 Å². The molecule has 2 rings (SSSR count). The molecule has 1 heterocycles. The van der Waals surface area contributed by atoms with E-state index in [2.05, 4.69) is 35.3 Å². The number of nitrogens with one attached hydrogen (secondary N) is 1. The van der Waals surface area contributed by atoms with Gasteiger partial charge in [0.25, 0.3) is 0 Å². The monoisotopic (exact) mass is 220 g/mol. The predicted octanol–water partition coefficient (Wildman–Crippen LogP) is 3.32. The summed E-state index contributed by atoms with van der Waals surface area (Å²) in [6.45, 7) is 4.30. The summed E-state index contributed by atoms with van der Waals surface area (Å²) in [7, 11) is 0. The van der Waals surface area contributed by atoms with Gasteiger partial charge in [-0.2, -0.15) is 0 Å². The molecule has 1 aliphatic rings. The highest BCUT2D eigenvalue weighted by Gasteiger charge is 2.11. The summed E-state index contributed by atoms with van der Waals surface area (Å²) in [5.74, 6) is 0. The van der Waals surface area contributed by atoms with Crippen LogP contribution in [-0.4, -0.2) is 10.6 Å². The van der Waals surface area contributed by atoms with Gasteiger partial charge in [-0.25, -0.2) is 0 Å². The van der Waals surface area contributed by atoms with Gasteiger partial charge in [-0.3, -0.25) is 0 Å². The van der Waals surface area contributed by atoms with Crippen LogP contribution in [0, 0.1) is 0 Å². The lowest BCUT2D eigenvalue weighted by molar-refractivity contribution is 0.459. The van der Waals surface area contributed by atoms with Crippen LogP contribution in [0.2, 0.25) is 0 Å². The van der Waals surface area contributed by atoms with Crippen LogP contribution < -0.4 is 5.32 Å². The Morgan fingerprint density at radius 3 is 2.62 bits per heavy atom. The first-order chi connectivity index (χ1) is 7.88. The molecule has 2 nitrogen and oxygen atoms in total. The zero-order valence-electron chi connectivity index (χ0n) is 10.4. The zero-order valence-corrected chi connectivity index (χ0v) is 10.4. The van der Waals surface area contributed by atoms with Gasteiger partial charge in [-0.05, 0) is 31.4 Å². The summed E-state index contributed by atoms with van der Waals surface area (Å²) >= 11 is 0. The first-order valence-corrected chi connectivity index (χ1v) is 6.76. The fraction of sp³-hybridized carbons (Fsp3) is 0.714. The number of hydrogen-bond acceptors (Lipinski definition) is 1. The van der Waals surface area contributed by atoms with Crippen LogP contribution in [0.4, 0.5) is 0 Å². The van der Waals surface area contributed by atoms with Gasteiger partial charge < -0.3 is 9.88 Å². The van der Waals surface area contributed by atoms with Crippen molar-refractivity contribution in [2.24, 2.45) is 0 Å². The van der Waals surface area contributed by atoms with Gasteiger partial charge in [0.2, 0.25) is 0 Å². The molecule has 0 aromatic carbocycles. The molecule has 0 radical (unpaired) electrons. The van der Waals surface area contributed by atoms with Crippen LogP contribution in [0.3, 0.4) is 0 Å². The van der Waals surface area contributed by atoms with Crippen molar-refractivity contribution in [1.82, 2.24) is 9.88 Å². The molecule has 1 aromatic rings. The van der Waals surface area contributed by atoms with Crippen molar-refractivity contribution in [3.63, 3.8) is 0 Å². The molecule has 0 aliphatic heterocycles. The zero-order chi connectivity index (χ0) is 11.2. The summed E-state index contributed by atoms with van der Waals surface area (Å²) in [4.78, 5) is 0. The van der Waals surface area contributed by atoms with Crippen molar-refractivity contribution in [3.05, 3.63) is 24.0 Å². The molecule has 1 fully saturated rings. The van der Waals surface area contributed by atoms with E-state index in [-0.39, 0.29) is 0 Å². The Balaban J connectivity index is 1.77. The van der Waals surface area contributed by atoms with Crippen LogP contribution in [0.15, 0.2) is 18.5 Å². The predicted molar refractivity (Wildman–Crippen MR) is 68.4 cm³/mol. The first kappa shape index (κ1) is 11.7. The molecule has 0 amide bonds. The Bertz CT molecular complexity index is 295. The van der Waals surface area contributed by atoms with E-state index in [4.69, 9.17) is 0 Å². The fourth-order valence-electron chi connectivity index (χ4n) is 2.54. The van der Waals surface area contributed by atoms with Gasteiger partial charge in [0, 0.05) is 31.5 Å². The molecule has 2 heteroatoms. The number of aryl methyl sites for hydroxylation is 1. The van der Waals surface area contributed by atoms with Crippen molar-refractivity contribution in [2.75, 3.05) is 0 Å². The first-order valence-electron chi connectivity index (χ1n) is 6.76. The van der Waals surface area contributed by atoms with Gasteiger partial charge >= 0.3 is 0 Å². The number of rotatable bonds is 4. The normalized spacial score (nSPS) is 18.6. The van der Waals surface area contributed by atoms with Crippen molar-refractivity contribution >= 4 is 0 Å². The molecule has 0 atom stereocenters. The third kappa shape index (κ3) is 3.38. The number of hydrogen-bond donors (Lipinski definition) is 1. The maximum atomic E-state index is 3.70. The van der Waals surface area contributed by atoms with Crippen LogP contribution in [0.5, 0.6) is 0 Å². The van der Waals surface area contributed by atoms with Crippen molar-refractivity contribution in [1.29, 1.82) is 0 Å². The minimum atomic E-state index is 0.757. The molecular formula is C14H24N2. The Morgan fingerprint density at radius 1 is 1.25 bits per heavy atom. The maximum absolute atomic E-state index is 3.70. The van der Waals surface area contributed by atoms with Crippen LogP contribution in [0.25, 0.3) is 0 Å². The number of aromatic nitrogens is 1. The Morgan fingerprint density at radius 2 is 2.00 bits per heavy atom. The fourth-order valence-corrected chi connectivity index (χ4v) is 2.54. The lowest BCUT2D eigenvalue weighted by Crippen LogP contribution is -2.27. The van der Waals surface area contributed by atoms with Crippen LogP contribution >= 0.6 is 0 Å². The molecule has 1 aliphatic carbocycles. The average molecular weight is 220 g/mol. The third-order valence-electron chi connectivity index (χ3n) is 3.63. The van der Waals surface area contributed by atoms with Gasteiger partial charge in [0.1, 0.15) is 0 Å². The van der Waals surface area contributed by atoms with E-state index >= 15 is 0 Å². The summed E-state index contributed by atoms with van der Waals surface area (Å²) in [5.41, 5.74) is 1.42. The Labute approximate surface area is 99.0 Å². The Kier molecular flexibility index (Phi) is 4.46. The molecule has 1 N–H and O–H groups in total. The lowest BCUT2D eigenvalue weighted by Gasteiger charge is -2.15. The second-order valence-electron chi connectivity index (χ2n) is 4.92. The second kappa shape index (κ2) is 6.09. The standard InChI is InChI=1S/C14H24N2/c1-2-16-10-9-13(12-16)11-15-14-7-5-3-4-6-8-14/h9-10,12,14-15H,2-8,11H2,1H3. The second-order valence-corrected chi connectivity index (χ2v) is 4.92. The highest BCUT2D eigenvalue weighted by molar-refractivity contribution is 5.09. The van der Waals surface area contributed by atoms with E-state index in [1.54, 1.807) is 0 Å².